The highest BCUT2D eigenvalue weighted by Crippen LogP contribution is 1.93. The maximum Gasteiger partial charge on any atom is 0.242 e. The summed E-state index contributed by atoms with van der Waals surface area (Å²) in [6, 6.07) is 0. The number of aliphatic hydroxyl groups excluding tert-OH is 1. The summed E-state index contributed by atoms with van der Waals surface area (Å²) in [7, 11) is 0. The predicted molar refractivity (Wildman–Crippen MR) is 58.8 cm³/mol. The molecule has 0 aromatic rings. The summed E-state index contributed by atoms with van der Waals surface area (Å²) in [5.74, 6) is -0.226. The van der Waals surface area contributed by atoms with Crippen molar-refractivity contribution in [1.82, 2.24) is 15.5 Å². The summed E-state index contributed by atoms with van der Waals surface area (Å²) in [6.07, 6.45) is 0.707. The molecule has 1 saturated heterocycles. The van der Waals surface area contributed by atoms with E-state index in [1.54, 1.807) is 4.90 Å². The minimum Gasteiger partial charge on any atom is -0.396 e. The first kappa shape index (κ1) is 12.9. The second kappa shape index (κ2) is 7.19. The van der Waals surface area contributed by atoms with Crippen molar-refractivity contribution >= 4 is 11.8 Å². The molecule has 1 fully saturated rings. The van der Waals surface area contributed by atoms with E-state index in [4.69, 9.17) is 5.11 Å². The summed E-state index contributed by atoms with van der Waals surface area (Å²) < 4.78 is 0. The summed E-state index contributed by atoms with van der Waals surface area (Å²) >= 11 is 0. The van der Waals surface area contributed by atoms with Crippen LogP contribution in [0.15, 0.2) is 0 Å². The Morgan fingerprint density at radius 2 is 2.00 bits per heavy atom. The molecule has 0 saturated carbocycles. The van der Waals surface area contributed by atoms with Gasteiger partial charge in [-0.25, -0.2) is 0 Å². The molecule has 0 aliphatic carbocycles. The van der Waals surface area contributed by atoms with Gasteiger partial charge in [0.25, 0.3) is 0 Å². The average Bonchev–Trinajstić information content (AvgIpc) is 2.34. The number of piperazine rings is 1. The minimum atomic E-state index is -0.183. The van der Waals surface area contributed by atoms with Crippen LogP contribution in [0.2, 0.25) is 0 Å². The quantitative estimate of drug-likeness (QED) is 0.525. The first-order chi connectivity index (χ1) is 7.74. The van der Waals surface area contributed by atoms with Gasteiger partial charge in [-0.1, -0.05) is 0 Å². The van der Waals surface area contributed by atoms with E-state index in [0.29, 0.717) is 19.5 Å². The van der Waals surface area contributed by atoms with Gasteiger partial charge in [0, 0.05) is 39.2 Å². The number of carbonyl (C=O) groups excluding carboxylic acids is 2. The summed E-state index contributed by atoms with van der Waals surface area (Å²) in [4.78, 5) is 24.5. The molecule has 0 unspecified atom stereocenters. The number of rotatable bonds is 5. The second-order valence-electron chi connectivity index (χ2n) is 3.73. The second-order valence-corrected chi connectivity index (χ2v) is 3.73. The molecular formula is C10H19N3O3. The fraction of sp³-hybridized carbons (Fsp3) is 0.800. The lowest BCUT2D eigenvalue weighted by Gasteiger charge is -2.27. The molecule has 0 aromatic heterocycles. The summed E-state index contributed by atoms with van der Waals surface area (Å²) in [5.41, 5.74) is 0. The third-order valence-corrected chi connectivity index (χ3v) is 2.47. The highest BCUT2D eigenvalue weighted by atomic mass is 16.3. The number of hydrogen-bond donors (Lipinski definition) is 3. The number of amides is 2. The van der Waals surface area contributed by atoms with E-state index in [2.05, 4.69) is 10.6 Å². The molecule has 1 aliphatic rings. The van der Waals surface area contributed by atoms with E-state index in [1.807, 2.05) is 0 Å². The molecule has 3 N–H and O–H groups in total. The number of carbonyl (C=O) groups is 2. The Morgan fingerprint density at radius 3 is 2.62 bits per heavy atom. The van der Waals surface area contributed by atoms with Crippen molar-refractivity contribution in [2.75, 3.05) is 39.3 Å². The van der Waals surface area contributed by atoms with Crippen molar-refractivity contribution in [2.45, 2.75) is 12.8 Å². The highest BCUT2D eigenvalue weighted by Gasteiger charge is 2.16. The van der Waals surface area contributed by atoms with Crippen molar-refractivity contribution in [3.63, 3.8) is 0 Å². The highest BCUT2D eigenvalue weighted by molar-refractivity contribution is 5.84. The number of nitrogens with one attached hydrogen (secondary N) is 2. The van der Waals surface area contributed by atoms with Crippen molar-refractivity contribution in [3.8, 4) is 0 Å². The van der Waals surface area contributed by atoms with Crippen LogP contribution in [0.5, 0.6) is 0 Å². The van der Waals surface area contributed by atoms with Crippen molar-refractivity contribution < 1.29 is 14.7 Å². The molecule has 0 radical (unpaired) electrons. The van der Waals surface area contributed by atoms with Gasteiger partial charge in [0.15, 0.2) is 0 Å². The normalized spacial score (nSPS) is 15.9. The maximum atomic E-state index is 11.6. The smallest absolute Gasteiger partial charge is 0.242 e. The van der Waals surface area contributed by atoms with Gasteiger partial charge in [-0.3, -0.25) is 9.59 Å². The number of nitrogens with zero attached hydrogens (tertiary/aromatic N) is 1. The van der Waals surface area contributed by atoms with Gasteiger partial charge in [0.05, 0.1) is 6.54 Å². The van der Waals surface area contributed by atoms with Crippen LogP contribution in [-0.4, -0.2) is 61.2 Å². The molecular weight excluding hydrogens is 210 g/mol. The topological polar surface area (TPSA) is 81.7 Å². The Morgan fingerprint density at radius 1 is 1.31 bits per heavy atom. The average molecular weight is 229 g/mol. The standard InChI is InChI=1S/C10H19N3O3/c14-7-1-2-9(15)12-8-10(16)13-5-3-11-4-6-13/h11,14H,1-8H2,(H,12,15). The first-order valence-corrected chi connectivity index (χ1v) is 5.60. The largest absolute Gasteiger partial charge is 0.396 e. The van der Waals surface area contributed by atoms with E-state index in [1.165, 1.54) is 0 Å². The molecule has 92 valence electrons. The molecule has 1 rings (SSSR count). The third kappa shape index (κ3) is 4.59. The molecule has 0 spiro atoms. The lowest BCUT2D eigenvalue weighted by Crippen LogP contribution is -2.49. The molecule has 6 heteroatoms. The molecule has 16 heavy (non-hydrogen) atoms. The molecule has 6 nitrogen and oxygen atoms in total. The first-order valence-electron chi connectivity index (χ1n) is 5.60. The van der Waals surface area contributed by atoms with E-state index < -0.39 is 0 Å². The monoisotopic (exact) mass is 229 g/mol. The zero-order chi connectivity index (χ0) is 11.8. The van der Waals surface area contributed by atoms with Gasteiger partial charge < -0.3 is 20.6 Å². The van der Waals surface area contributed by atoms with Crippen LogP contribution in [0.3, 0.4) is 0 Å². The van der Waals surface area contributed by atoms with Gasteiger partial charge in [-0.2, -0.15) is 0 Å². The van der Waals surface area contributed by atoms with Gasteiger partial charge in [-0.15, -0.1) is 0 Å². The van der Waals surface area contributed by atoms with E-state index in [9.17, 15) is 9.59 Å². The SMILES string of the molecule is O=C(CCCO)NCC(=O)N1CCNCC1. The Kier molecular flexibility index (Phi) is 5.81. The predicted octanol–water partition coefficient (Wildman–Crippen LogP) is -1.69. The zero-order valence-electron chi connectivity index (χ0n) is 9.37. The Balaban J connectivity index is 2.15. The van der Waals surface area contributed by atoms with Gasteiger partial charge in [0.1, 0.15) is 0 Å². The van der Waals surface area contributed by atoms with Crippen LogP contribution in [-0.2, 0) is 9.59 Å². The molecule has 1 aliphatic heterocycles. The van der Waals surface area contributed by atoms with E-state index in [0.717, 1.165) is 13.1 Å². The Bertz CT molecular complexity index is 239. The van der Waals surface area contributed by atoms with Crippen LogP contribution in [0.25, 0.3) is 0 Å². The molecule has 0 aromatic carbocycles. The third-order valence-electron chi connectivity index (χ3n) is 2.47. The molecule has 2 amide bonds. The Hall–Kier alpha value is -1.14. The fourth-order valence-corrected chi connectivity index (χ4v) is 1.53. The summed E-state index contributed by atoms with van der Waals surface area (Å²) in [6.45, 7) is 3.08. The van der Waals surface area contributed by atoms with Crippen molar-refractivity contribution in [1.29, 1.82) is 0 Å². The van der Waals surface area contributed by atoms with Crippen LogP contribution in [0.1, 0.15) is 12.8 Å². The van der Waals surface area contributed by atoms with Crippen LogP contribution in [0, 0.1) is 0 Å². The van der Waals surface area contributed by atoms with Crippen LogP contribution < -0.4 is 10.6 Å². The van der Waals surface area contributed by atoms with Gasteiger partial charge in [0.2, 0.25) is 11.8 Å². The summed E-state index contributed by atoms with van der Waals surface area (Å²) in [5, 5.41) is 14.2. The minimum absolute atomic E-state index is 0.000832. The fourth-order valence-electron chi connectivity index (χ4n) is 1.53. The van der Waals surface area contributed by atoms with Gasteiger partial charge >= 0.3 is 0 Å². The molecule has 0 atom stereocenters. The van der Waals surface area contributed by atoms with Crippen molar-refractivity contribution in [2.24, 2.45) is 0 Å². The maximum absolute atomic E-state index is 11.6. The molecule has 1 heterocycles. The van der Waals surface area contributed by atoms with E-state index >= 15 is 0 Å². The van der Waals surface area contributed by atoms with E-state index in [-0.39, 0.29) is 31.4 Å². The van der Waals surface area contributed by atoms with Crippen molar-refractivity contribution in [3.05, 3.63) is 0 Å². The van der Waals surface area contributed by atoms with Gasteiger partial charge in [-0.05, 0) is 6.42 Å². The number of hydrogen-bond acceptors (Lipinski definition) is 4. The van der Waals surface area contributed by atoms with Crippen LogP contribution >= 0.6 is 0 Å². The molecule has 0 bridgehead atoms. The number of aliphatic hydroxyl groups is 1. The Labute approximate surface area is 95.0 Å². The zero-order valence-corrected chi connectivity index (χ0v) is 9.37. The lowest BCUT2D eigenvalue weighted by atomic mass is 10.3. The van der Waals surface area contributed by atoms with Crippen LogP contribution in [0.4, 0.5) is 0 Å². The lowest BCUT2D eigenvalue weighted by molar-refractivity contribution is -0.133.